The van der Waals surface area contributed by atoms with E-state index < -0.39 is 59.6 Å². The molecule has 0 bridgehead atoms. The smallest absolute Gasteiger partial charge is 0.206 e. The summed E-state index contributed by atoms with van der Waals surface area (Å²) in [4.78, 5) is 0. The van der Waals surface area contributed by atoms with Crippen LogP contribution >= 0.6 is 0 Å². The minimum atomic E-state index is -8.83. The summed E-state index contributed by atoms with van der Waals surface area (Å²) >= 11 is 0. The average Bonchev–Trinajstić information content (AvgIpc) is 2.52. The molecular formula is C11H3F19. The van der Waals surface area contributed by atoms with Crippen LogP contribution < -0.4 is 0 Å². The zero-order valence-corrected chi connectivity index (χ0v) is 13.0. The monoisotopic (exact) mass is 496 g/mol. The molecular weight excluding hydrogens is 493 g/mol. The number of rotatable bonds is 9. The van der Waals surface area contributed by atoms with Crippen LogP contribution in [0.15, 0.2) is 12.4 Å². The van der Waals surface area contributed by atoms with Crippen LogP contribution in [0.1, 0.15) is 0 Å². The van der Waals surface area contributed by atoms with Crippen molar-refractivity contribution in [2.24, 2.45) is 0 Å². The van der Waals surface area contributed by atoms with Gasteiger partial charge in [0.25, 0.3) is 0 Å². The average molecular weight is 496 g/mol. The van der Waals surface area contributed by atoms with Gasteiger partial charge in [-0.2, -0.15) is 70.2 Å². The fraction of sp³-hybridized carbons (Fsp3) is 0.818. The molecule has 0 radical (unpaired) electrons. The minimum absolute atomic E-state index is 1.28. The molecule has 0 aromatic rings. The van der Waals surface area contributed by atoms with E-state index in [0.717, 1.165) is 0 Å². The SMILES string of the molecule is C=C(F)C(F)(F)C(F)(F)C(F)(F)C(F)(F)C(F)(F)C(F)(F)C(F)(F)C(F)(F)C(F)F. The number of allylic oxidation sites excluding steroid dienone is 1. The molecule has 180 valence electrons. The summed E-state index contributed by atoms with van der Waals surface area (Å²) in [6.45, 7) is 1.28. The van der Waals surface area contributed by atoms with Crippen molar-refractivity contribution in [3.63, 3.8) is 0 Å². The fourth-order valence-electron chi connectivity index (χ4n) is 1.50. The summed E-state index contributed by atoms with van der Waals surface area (Å²) in [7, 11) is 0. The van der Waals surface area contributed by atoms with Gasteiger partial charge in [0.1, 0.15) is 0 Å². The van der Waals surface area contributed by atoms with Crippen LogP contribution in [0.25, 0.3) is 0 Å². The van der Waals surface area contributed by atoms with E-state index in [4.69, 9.17) is 0 Å². The van der Waals surface area contributed by atoms with Gasteiger partial charge in [-0.1, -0.05) is 6.58 Å². The molecule has 0 aliphatic rings. The van der Waals surface area contributed by atoms with Gasteiger partial charge in [0.05, 0.1) is 0 Å². The molecule has 0 saturated carbocycles. The zero-order valence-electron chi connectivity index (χ0n) is 13.0. The lowest BCUT2D eigenvalue weighted by Gasteiger charge is -2.43. The van der Waals surface area contributed by atoms with Gasteiger partial charge in [-0.3, -0.25) is 0 Å². The maximum absolute atomic E-state index is 13.2. The third-order valence-corrected chi connectivity index (χ3v) is 3.40. The van der Waals surface area contributed by atoms with Crippen molar-refractivity contribution in [3.05, 3.63) is 12.4 Å². The van der Waals surface area contributed by atoms with E-state index in [0.29, 0.717) is 0 Å². The Kier molecular flexibility index (Phi) is 6.59. The molecule has 0 N–H and O–H groups in total. The Labute approximate surface area is 151 Å². The Morgan fingerprint density at radius 2 is 0.700 bits per heavy atom. The molecule has 0 unspecified atom stereocenters. The van der Waals surface area contributed by atoms with Gasteiger partial charge in [0.15, 0.2) is 5.83 Å². The van der Waals surface area contributed by atoms with Crippen LogP contribution in [0.4, 0.5) is 83.4 Å². The summed E-state index contributed by atoms with van der Waals surface area (Å²) in [5.41, 5.74) is 0. The molecule has 0 aliphatic heterocycles. The normalized spacial score (nSPS) is 16.3. The highest BCUT2D eigenvalue weighted by atomic mass is 19.4. The Morgan fingerprint density at radius 1 is 0.467 bits per heavy atom. The predicted octanol–water partition coefficient (Wildman–Crippen LogP) is 6.82. The molecule has 0 rings (SSSR count). The topological polar surface area (TPSA) is 0 Å². The van der Waals surface area contributed by atoms with Crippen LogP contribution in [0.2, 0.25) is 0 Å². The minimum Gasteiger partial charge on any atom is -0.206 e. The number of hydrogen-bond donors (Lipinski definition) is 0. The number of alkyl halides is 18. The van der Waals surface area contributed by atoms with Crippen LogP contribution in [0, 0.1) is 0 Å². The van der Waals surface area contributed by atoms with Gasteiger partial charge in [0, 0.05) is 0 Å². The summed E-state index contributed by atoms with van der Waals surface area (Å²) in [6.07, 6.45) is -6.02. The van der Waals surface area contributed by atoms with Crippen molar-refractivity contribution in [2.75, 3.05) is 0 Å². The first-order valence-electron chi connectivity index (χ1n) is 6.29. The molecule has 0 fully saturated rings. The van der Waals surface area contributed by atoms with Crippen molar-refractivity contribution in [1.82, 2.24) is 0 Å². The van der Waals surface area contributed by atoms with Gasteiger partial charge < -0.3 is 0 Å². The lowest BCUT2D eigenvalue weighted by Crippen LogP contribution is -2.75. The maximum Gasteiger partial charge on any atom is 0.385 e. The Morgan fingerprint density at radius 3 is 0.933 bits per heavy atom. The van der Waals surface area contributed by atoms with E-state index in [2.05, 4.69) is 0 Å². The van der Waals surface area contributed by atoms with Crippen molar-refractivity contribution in [2.45, 2.75) is 53.8 Å². The number of halogens is 19. The number of hydrogen-bond acceptors (Lipinski definition) is 0. The molecule has 0 spiro atoms. The first kappa shape index (κ1) is 28.4. The lowest BCUT2D eigenvalue weighted by molar-refractivity contribution is -0.456. The van der Waals surface area contributed by atoms with Gasteiger partial charge in [-0.15, -0.1) is 0 Å². The lowest BCUT2D eigenvalue weighted by atomic mass is 9.87. The van der Waals surface area contributed by atoms with Crippen molar-refractivity contribution >= 4 is 0 Å². The highest BCUT2D eigenvalue weighted by molar-refractivity contribution is 5.19. The molecule has 0 saturated heterocycles. The molecule has 19 heteroatoms. The zero-order chi connectivity index (χ0) is 25.2. The summed E-state index contributed by atoms with van der Waals surface area (Å²) in [5.74, 6) is -70.1. The van der Waals surface area contributed by atoms with Gasteiger partial charge in [0.2, 0.25) is 0 Å². The quantitative estimate of drug-likeness (QED) is 0.308. The maximum atomic E-state index is 13.2. The van der Waals surface area contributed by atoms with E-state index in [9.17, 15) is 83.4 Å². The van der Waals surface area contributed by atoms with E-state index in [1.807, 2.05) is 0 Å². The standard InChI is InChI=1S/C11H3F19/c1-2(12)4(15,16)6(19,20)8(23,24)10(27,28)11(29,30)9(25,26)7(21,22)5(17,18)3(13)14/h3H,1H2. The third-order valence-electron chi connectivity index (χ3n) is 3.40. The first-order chi connectivity index (χ1) is 12.6. The van der Waals surface area contributed by atoms with Gasteiger partial charge in [-0.05, 0) is 0 Å². The third kappa shape index (κ3) is 3.16. The van der Waals surface area contributed by atoms with E-state index in [1.54, 1.807) is 0 Å². The highest BCUT2D eigenvalue weighted by Crippen LogP contribution is 2.64. The first-order valence-corrected chi connectivity index (χ1v) is 6.29. The van der Waals surface area contributed by atoms with E-state index >= 15 is 0 Å². The Hall–Kier alpha value is -1.59. The molecule has 0 atom stereocenters. The molecule has 30 heavy (non-hydrogen) atoms. The Balaban J connectivity index is 6.86. The predicted molar refractivity (Wildman–Crippen MR) is 55.8 cm³/mol. The molecule has 0 aliphatic carbocycles. The second-order valence-corrected chi connectivity index (χ2v) is 5.35. The van der Waals surface area contributed by atoms with E-state index in [-0.39, 0.29) is 0 Å². The van der Waals surface area contributed by atoms with Crippen LogP contribution in [0.3, 0.4) is 0 Å². The van der Waals surface area contributed by atoms with Gasteiger partial charge >= 0.3 is 53.8 Å². The summed E-state index contributed by atoms with van der Waals surface area (Å²) < 4.78 is 243. The second-order valence-electron chi connectivity index (χ2n) is 5.35. The summed E-state index contributed by atoms with van der Waals surface area (Å²) in [6, 6.07) is 0. The highest BCUT2D eigenvalue weighted by Gasteiger charge is 2.95. The van der Waals surface area contributed by atoms with Crippen LogP contribution in [-0.2, 0) is 0 Å². The van der Waals surface area contributed by atoms with Crippen molar-refractivity contribution < 1.29 is 83.4 Å². The van der Waals surface area contributed by atoms with Crippen molar-refractivity contribution in [3.8, 4) is 0 Å². The molecule has 0 amide bonds. The molecule has 0 nitrogen and oxygen atoms in total. The van der Waals surface area contributed by atoms with Gasteiger partial charge in [-0.25, -0.2) is 13.2 Å². The Bertz CT molecular complexity index is 655. The largest absolute Gasteiger partial charge is 0.385 e. The fourth-order valence-corrected chi connectivity index (χ4v) is 1.50. The van der Waals surface area contributed by atoms with Crippen LogP contribution in [0.5, 0.6) is 0 Å². The summed E-state index contributed by atoms with van der Waals surface area (Å²) in [5, 5.41) is 0. The molecule has 0 aromatic heterocycles. The molecule has 0 aromatic carbocycles. The second kappa shape index (κ2) is 6.96. The van der Waals surface area contributed by atoms with Crippen molar-refractivity contribution in [1.29, 1.82) is 0 Å². The van der Waals surface area contributed by atoms with Crippen LogP contribution in [-0.4, -0.2) is 53.8 Å². The molecule has 0 heterocycles. The van der Waals surface area contributed by atoms with E-state index in [1.165, 1.54) is 6.58 Å².